The second-order valence-corrected chi connectivity index (χ2v) is 10.9. The fourth-order valence-electron chi connectivity index (χ4n) is 3.79. The van der Waals surface area contributed by atoms with E-state index in [-0.39, 0.29) is 43.8 Å². The number of amides is 2. The Morgan fingerprint density at radius 2 is 1.65 bits per heavy atom. The number of sulfonamides is 1. The van der Waals surface area contributed by atoms with Crippen LogP contribution in [0, 0.1) is 0 Å². The number of para-hydroxylation sites is 2. The number of methoxy groups -OCH3 is 2. The zero-order chi connectivity index (χ0) is 27.6. The predicted molar refractivity (Wildman–Crippen MR) is 145 cm³/mol. The molecule has 0 saturated heterocycles. The number of nitrogens with zero attached hydrogens (tertiary/aromatic N) is 2. The van der Waals surface area contributed by atoms with Crippen LogP contribution in [0.25, 0.3) is 0 Å². The van der Waals surface area contributed by atoms with Gasteiger partial charge in [0, 0.05) is 25.6 Å². The number of benzene rings is 2. The van der Waals surface area contributed by atoms with Crippen LogP contribution in [0.5, 0.6) is 11.5 Å². The van der Waals surface area contributed by atoms with Gasteiger partial charge in [-0.15, -0.1) is 0 Å². The van der Waals surface area contributed by atoms with E-state index in [1.165, 1.54) is 16.3 Å². The van der Waals surface area contributed by atoms with E-state index in [9.17, 15) is 18.0 Å². The smallest absolute Gasteiger partial charge is 0.242 e. The lowest BCUT2D eigenvalue weighted by atomic mass is 10.1. The summed E-state index contributed by atoms with van der Waals surface area (Å²) in [5.74, 6) is 0.649. The summed E-state index contributed by atoms with van der Waals surface area (Å²) in [6, 6.07) is 13.4. The predicted octanol–water partition coefficient (Wildman–Crippen LogP) is 3.58. The Labute approximate surface area is 220 Å². The highest BCUT2D eigenvalue weighted by Crippen LogP contribution is 2.29. The summed E-state index contributed by atoms with van der Waals surface area (Å²) >= 11 is 0. The third kappa shape index (κ3) is 8.66. The molecular formula is C27H39N3O6S. The van der Waals surface area contributed by atoms with Crippen molar-refractivity contribution in [2.24, 2.45) is 0 Å². The number of carbonyl (C=O) groups is 2. The minimum absolute atomic E-state index is 0.0166. The van der Waals surface area contributed by atoms with E-state index >= 15 is 0 Å². The SMILES string of the molecule is CC[C@@H](C)NC(=O)[C@@H](C)N(Cc1ccc(OC)cc1)C(=O)CCCN(c1ccccc1OC)S(C)(=O)=O. The van der Waals surface area contributed by atoms with Crippen LogP contribution in [-0.2, 0) is 26.2 Å². The van der Waals surface area contributed by atoms with Gasteiger partial charge in [0.2, 0.25) is 21.8 Å². The molecule has 0 aliphatic rings. The molecule has 0 unspecified atom stereocenters. The molecule has 2 amide bonds. The van der Waals surface area contributed by atoms with E-state index in [1.807, 2.05) is 26.0 Å². The number of ether oxygens (including phenoxy) is 2. The molecule has 0 aliphatic heterocycles. The summed E-state index contributed by atoms with van der Waals surface area (Å²) in [5.41, 5.74) is 1.26. The average molecular weight is 534 g/mol. The topological polar surface area (TPSA) is 105 Å². The van der Waals surface area contributed by atoms with Crippen LogP contribution in [0.15, 0.2) is 48.5 Å². The normalized spacial score (nSPS) is 12.8. The molecule has 204 valence electrons. The number of hydrogen-bond donors (Lipinski definition) is 1. The first-order valence-electron chi connectivity index (χ1n) is 12.3. The lowest BCUT2D eigenvalue weighted by Crippen LogP contribution is -2.49. The highest BCUT2D eigenvalue weighted by molar-refractivity contribution is 7.92. The minimum atomic E-state index is -3.62. The molecule has 0 spiro atoms. The minimum Gasteiger partial charge on any atom is -0.497 e. The molecule has 0 fully saturated rings. The van der Waals surface area contributed by atoms with Crippen molar-refractivity contribution in [1.82, 2.24) is 10.2 Å². The Morgan fingerprint density at radius 3 is 2.22 bits per heavy atom. The molecule has 10 heteroatoms. The summed E-state index contributed by atoms with van der Waals surface area (Å²) in [4.78, 5) is 27.8. The largest absolute Gasteiger partial charge is 0.497 e. The van der Waals surface area contributed by atoms with E-state index in [1.54, 1.807) is 50.4 Å². The summed E-state index contributed by atoms with van der Waals surface area (Å²) in [6.45, 7) is 5.93. The van der Waals surface area contributed by atoms with Crippen LogP contribution < -0.4 is 19.1 Å². The van der Waals surface area contributed by atoms with Crippen LogP contribution in [0.2, 0.25) is 0 Å². The second kappa shape index (κ2) is 13.9. The van der Waals surface area contributed by atoms with Crippen LogP contribution in [0.3, 0.4) is 0 Å². The van der Waals surface area contributed by atoms with Gasteiger partial charge in [0.15, 0.2) is 0 Å². The maximum absolute atomic E-state index is 13.4. The fraction of sp³-hybridized carbons (Fsp3) is 0.481. The Hall–Kier alpha value is -3.27. The molecule has 0 heterocycles. The Morgan fingerprint density at radius 1 is 1.00 bits per heavy atom. The van der Waals surface area contributed by atoms with Crippen molar-refractivity contribution in [3.8, 4) is 11.5 Å². The first-order chi connectivity index (χ1) is 17.5. The monoisotopic (exact) mass is 533 g/mol. The molecular weight excluding hydrogens is 494 g/mol. The van der Waals surface area contributed by atoms with E-state index in [2.05, 4.69) is 5.32 Å². The average Bonchev–Trinajstić information content (AvgIpc) is 2.88. The number of anilines is 1. The molecule has 2 atom stereocenters. The van der Waals surface area contributed by atoms with Gasteiger partial charge in [-0.05, 0) is 56.5 Å². The highest BCUT2D eigenvalue weighted by atomic mass is 32.2. The van der Waals surface area contributed by atoms with Gasteiger partial charge in [0.1, 0.15) is 17.5 Å². The number of rotatable bonds is 14. The van der Waals surface area contributed by atoms with Gasteiger partial charge in [0.25, 0.3) is 0 Å². The van der Waals surface area contributed by atoms with Crippen molar-refractivity contribution in [1.29, 1.82) is 0 Å². The molecule has 0 aliphatic carbocycles. The van der Waals surface area contributed by atoms with Gasteiger partial charge >= 0.3 is 0 Å². The summed E-state index contributed by atoms with van der Waals surface area (Å²) in [5, 5.41) is 2.94. The number of hydrogen-bond acceptors (Lipinski definition) is 6. The standard InChI is InChI=1S/C27H39N3O6S/c1-7-20(2)28-27(32)21(3)29(19-22-14-16-23(35-4)17-15-22)26(31)13-10-18-30(37(6,33)34)24-11-8-9-12-25(24)36-5/h8-9,11-12,14-17,20-21H,7,10,13,18-19H2,1-6H3,(H,28,32)/t20-,21-/m1/s1. The molecule has 0 saturated carbocycles. The quantitative estimate of drug-likeness (QED) is 0.398. The molecule has 1 N–H and O–H groups in total. The molecule has 2 rings (SSSR count). The zero-order valence-corrected chi connectivity index (χ0v) is 23.4. The van der Waals surface area contributed by atoms with Gasteiger partial charge in [-0.3, -0.25) is 13.9 Å². The number of carbonyl (C=O) groups excluding carboxylic acids is 2. The third-order valence-electron chi connectivity index (χ3n) is 6.19. The van der Waals surface area contributed by atoms with Gasteiger partial charge < -0.3 is 19.7 Å². The van der Waals surface area contributed by atoms with Crippen LogP contribution in [0.1, 0.15) is 45.6 Å². The van der Waals surface area contributed by atoms with Crippen LogP contribution >= 0.6 is 0 Å². The Bertz CT molecular complexity index is 1140. The first-order valence-corrected chi connectivity index (χ1v) is 14.2. The van der Waals surface area contributed by atoms with Crippen LogP contribution in [0.4, 0.5) is 5.69 Å². The maximum atomic E-state index is 13.4. The highest BCUT2D eigenvalue weighted by Gasteiger charge is 2.27. The summed E-state index contributed by atoms with van der Waals surface area (Å²) in [6.07, 6.45) is 2.23. The molecule has 0 bridgehead atoms. The zero-order valence-electron chi connectivity index (χ0n) is 22.6. The van der Waals surface area contributed by atoms with E-state index in [0.29, 0.717) is 17.2 Å². The first kappa shape index (κ1) is 30.0. The molecule has 0 radical (unpaired) electrons. The van der Waals surface area contributed by atoms with Crippen molar-refractivity contribution in [2.45, 2.75) is 58.7 Å². The van der Waals surface area contributed by atoms with Crippen molar-refractivity contribution in [3.63, 3.8) is 0 Å². The molecule has 2 aromatic rings. The lowest BCUT2D eigenvalue weighted by molar-refractivity contribution is -0.140. The van der Waals surface area contributed by atoms with Gasteiger partial charge in [-0.1, -0.05) is 31.2 Å². The Balaban J connectivity index is 2.20. The molecule has 37 heavy (non-hydrogen) atoms. The molecule has 0 aromatic heterocycles. The van der Waals surface area contributed by atoms with Crippen molar-refractivity contribution < 1.29 is 27.5 Å². The lowest BCUT2D eigenvalue weighted by Gasteiger charge is -2.30. The van der Waals surface area contributed by atoms with Gasteiger partial charge in [-0.25, -0.2) is 8.42 Å². The van der Waals surface area contributed by atoms with Crippen molar-refractivity contribution in [2.75, 3.05) is 31.3 Å². The van der Waals surface area contributed by atoms with Crippen molar-refractivity contribution >= 4 is 27.5 Å². The Kier molecular flexibility index (Phi) is 11.2. The van der Waals surface area contributed by atoms with E-state index < -0.39 is 16.1 Å². The third-order valence-corrected chi connectivity index (χ3v) is 7.37. The van der Waals surface area contributed by atoms with Gasteiger partial charge in [0.05, 0.1) is 26.2 Å². The number of nitrogens with one attached hydrogen (secondary N) is 1. The second-order valence-electron chi connectivity index (χ2n) is 8.97. The summed E-state index contributed by atoms with van der Waals surface area (Å²) < 4.78 is 36.9. The van der Waals surface area contributed by atoms with Gasteiger partial charge in [-0.2, -0.15) is 0 Å². The van der Waals surface area contributed by atoms with Crippen LogP contribution in [-0.4, -0.2) is 64.2 Å². The van der Waals surface area contributed by atoms with Crippen molar-refractivity contribution in [3.05, 3.63) is 54.1 Å². The summed E-state index contributed by atoms with van der Waals surface area (Å²) in [7, 11) is -0.559. The molecule has 2 aromatic carbocycles. The molecule has 9 nitrogen and oxygen atoms in total. The maximum Gasteiger partial charge on any atom is 0.242 e. The van der Waals surface area contributed by atoms with E-state index in [4.69, 9.17) is 9.47 Å². The fourth-order valence-corrected chi connectivity index (χ4v) is 4.76. The van der Waals surface area contributed by atoms with E-state index in [0.717, 1.165) is 18.2 Å².